The van der Waals surface area contributed by atoms with E-state index in [-0.39, 0.29) is 22.8 Å². The summed E-state index contributed by atoms with van der Waals surface area (Å²) in [6.07, 6.45) is 0. The standard InChI is InChI=1S/C15H11N3O5S/c16-8-10-2-1-3-12(6-10)24(20,21)18-17-15(19)11-4-5-13-14(7-11)23-9-22-13/h1-7,18H,9H2,(H,17,19). The molecule has 0 fully saturated rings. The third kappa shape index (κ3) is 3.15. The number of hydrogen-bond donors (Lipinski definition) is 2. The zero-order chi connectivity index (χ0) is 17.2. The molecule has 0 spiro atoms. The lowest BCUT2D eigenvalue weighted by molar-refractivity contribution is 0.0944. The van der Waals surface area contributed by atoms with Crippen LogP contribution in [0.5, 0.6) is 11.5 Å². The molecule has 0 aliphatic carbocycles. The Bertz CT molecular complexity index is 950. The van der Waals surface area contributed by atoms with Gasteiger partial charge in [0.25, 0.3) is 15.9 Å². The zero-order valence-electron chi connectivity index (χ0n) is 12.1. The van der Waals surface area contributed by atoms with Gasteiger partial charge >= 0.3 is 0 Å². The molecule has 8 nitrogen and oxygen atoms in total. The van der Waals surface area contributed by atoms with E-state index in [0.29, 0.717) is 11.5 Å². The molecule has 1 heterocycles. The van der Waals surface area contributed by atoms with Crippen molar-refractivity contribution in [3.05, 3.63) is 53.6 Å². The summed E-state index contributed by atoms with van der Waals surface area (Å²) in [6, 6.07) is 11.8. The summed E-state index contributed by atoms with van der Waals surface area (Å²) < 4.78 is 34.6. The van der Waals surface area contributed by atoms with Crippen LogP contribution < -0.4 is 19.7 Å². The van der Waals surface area contributed by atoms with E-state index in [4.69, 9.17) is 14.7 Å². The first-order valence-corrected chi connectivity index (χ1v) is 8.20. The molecular formula is C15H11N3O5S. The maximum Gasteiger partial charge on any atom is 0.266 e. The first-order valence-electron chi connectivity index (χ1n) is 6.71. The maximum absolute atomic E-state index is 12.1. The topological polar surface area (TPSA) is 118 Å². The molecule has 1 aliphatic rings. The number of hydrazine groups is 1. The largest absolute Gasteiger partial charge is 0.454 e. The summed E-state index contributed by atoms with van der Waals surface area (Å²) in [4.78, 5) is 13.9. The molecule has 0 saturated carbocycles. The number of hydrogen-bond acceptors (Lipinski definition) is 6. The van der Waals surface area contributed by atoms with Gasteiger partial charge in [-0.2, -0.15) is 5.26 Å². The average molecular weight is 345 g/mol. The number of ether oxygens (including phenoxy) is 2. The van der Waals surface area contributed by atoms with Gasteiger partial charge in [0.1, 0.15) is 0 Å². The third-order valence-corrected chi connectivity index (χ3v) is 4.45. The SMILES string of the molecule is N#Cc1cccc(S(=O)(=O)NNC(=O)c2ccc3c(c2)OCO3)c1. The molecular weight excluding hydrogens is 334 g/mol. The maximum atomic E-state index is 12.1. The molecule has 24 heavy (non-hydrogen) atoms. The van der Waals surface area contributed by atoms with Crippen molar-refractivity contribution in [1.29, 1.82) is 5.26 Å². The van der Waals surface area contributed by atoms with Crippen molar-refractivity contribution in [3.8, 4) is 17.6 Å². The molecule has 0 bridgehead atoms. The van der Waals surface area contributed by atoms with Crippen molar-refractivity contribution in [2.24, 2.45) is 0 Å². The van der Waals surface area contributed by atoms with Gasteiger partial charge in [-0.1, -0.05) is 6.07 Å². The summed E-state index contributed by atoms with van der Waals surface area (Å²) in [5, 5.41) is 8.81. The smallest absolute Gasteiger partial charge is 0.266 e. The number of nitrogens with zero attached hydrogens (tertiary/aromatic N) is 1. The van der Waals surface area contributed by atoms with Crippen LogP contribution in [0.3, 0.4) is 0 Å². The molecule has 3 rings (SSSR count). The van der Waals surface area contributed by atoms with E-state index in [1.54, 1.807) is 6.07 Å². The van der Waals surface area contributed by atoms with Gasteiger partial charge in [0, 0.05) is 5.56 Å². The quantitative estimate of drug-likeness (QED) is 0.795. The van der Waals surface area contributed by atoms with E-state index in [1.807, 2.05) is 10.9 Å². The Balaban J connectivity index is 1.72. The number of nitriles is 1. The molecule has 0 aromatic heterocycles. The van der Waals surface area contributed by atoms with Gasteiger partial charge in [-0.3, -0.25) is 10.2 Å². The van der Waals surface area contributed by atoms with Crippen molar-refractivity contribution in [2.75, 3.05) is 6.79 Å². The summed E-state index contributed by atoms with van der Waals surface area (Å²) in [5.41, 5.74) is 2.51. The van der Waals surface area contributed by atoms with E-state index in [0.717, 1.165) is 0 Å². The molecule has 0 unspecified atom stereocenters. The fraction of sp³-hybridized carbons (Fsp3) is 0.0667. The normalized spacial score (nSPS) is 12.5. The van der Waals surface area contributed by atoms with Crippen molar-refractivity contribution in [3.63, 3.8) is 0 Å². The fourth-order valence-electron chi connectivity index (χ4n) is 2.02. The van der Waals surface area contributed by atoms with Gasteiger partial charge in [-0.05, 0) is 36.4 Å². The summed E-state index contributed by atoms with van der Waals surface area (Å²) in [6.45, 7) is 0.0717. The van der Waals surface area contributed by atoms with E-state index in [1.165, 1.54) is 36.4 Å². The molecule has 1 amide bonds. The number of amides is 1. The van der Waals surface area contributed by atoms with Crippen molar-refractivity contribution in [1.82, 2.24) is 10.3 Å². The van der Waals surface area contributed by atoms with E-state index in [9.17, 15) is 13.2 Å². The summed E-state index contributed by atoms with van der Waals surface area (Å²) >= 11 is 0. The first kappa shape index (κ1) is 15.8. The van der Waals surface area contributed by atoms with Crippen LogP contribution in [-0.2, 0) is 10.0 Å². The molecule has 2 N–H and O–H groups in total. The minimum absolute atomic E-state index is 0.0717. The predicted molar refractivity (Wildman–Crippen MR) is 81.5 cm³/mol. The Morgan fingerprint density at radius 1 is 1.12 bits per heavy atom. The lowest BCUT2D eigenvalue weighted by Gasteiger charge is -2.09. The Labute approximate surface area is 137 Å². The Morgan fingerprint density at radius 2 is 1.92 bits per heavy atom. The van der Waals surface area contributed by atoms with Crippen LogP contribution in [0.15, 0.2) is 47.4 Å². The van der Waals surface area contributed by atoms with Crippen LogP contribution in [0.1, 0.15) is 15.9 Å². The number of carbonyl (C=O) groups is 1. The predicted octanol–water partition coefficient (Wildman–Crippen LogP) is 0.910. The molecule has 122 valence electrons. The van der Waals surface area contributed by atoms with E-state index in [2.05, 4.69) is 5.43 Å². The number of rotatable bonds is 4. The zero-order valence-corrected chi connectivity index (χ0v) is 13.0. The van der Waals surface area contributed by atoms with Gasteiger partial charge in [0.15, 0.2) is 11.5 Å². The van der Waals surface area contributed by atoms with Gasteiger partial charge < -0.3 is 9.47 Å². The molecule has 9 heteroatoms. The number of sulfonamides is 1. The van der Waals surface area contributed by atoms with Crippen molar-refractivity contribution < 1.29 is 22.7 Å². The van der Waals surface area contributed by atoms with Crippen LogP contribution in [-0.4, -0.2) is 21.1 Å². The molecule has 0 atom stereocenters. The summed E-state index contributed by atoms with van der Waals surface area (Å²) in [7, 11) is -4.00. The minimum Gasteiger partial charge on any atom is -0.454 e. The lowest BCUT2D eigenvalue weighted by Crippen LogP contribution is -2.41. The molecule has 2 aromatic rings. The number of fused-ring (bicyclic) bond motifs is 1. The Kier molecular flexibility index (Phi) is 4.07. The second kappa shape index (κ2) is 6.19. The number of benzene rings is 2. The van der Waals surface area contributed by atoms with Crippen LogP contribution in [0.2, 0.25) is 0 Å². The Hall–Kier alpha value is -3.09. The van der Waals surface area contributed by atoms with Crippen LogP contribution >= 0.6 is 0 Å². The number of nitrogens with one attached hydrogen (secondary N) is 2. The minimum atomic E-state index is -4.00. The summed E-state index contributed by atoms with van der Waals surface area (Å²) in [5.74, 6) is 0.265. The van der Waals surface area contributed by atoms with Gasteiger partial charge in [-0.15, -0.1) is 4.83 Å². The Morgan fingerprint density at radius 3 is 2.71 bits per heavy atom. The molecule has 0 radical (unpaired) electrons. The van der Waals surface area contributed by atoms with Crippen LogP contribution in [0.4, 0.5) is 0 Å². The second-order valence-electron chi connectivity index (χ2n) is 4.77. The van der Waals surface area contributed by atoms with Crippen LogP contribution in [0, 0.1) is 11.3 Å². The molecule has 2 aromatic carbocycles. The lowest BCUT2D eigenvalue weighted by atomic mass is 10.2. The monoisotopic (exact) mass is 345 g/mol. The average Bonchev–Trinajstić information content (AvgIpc) is 3.07. The van der Waals surface area contributed by atoms with Gasteiger partial charge in [-0.25, -0.2) is 8.42 Å². The van der Waals surface area contributed by atoms with Crippen LogP contribution in [0.25, 0.3) is 0 Å². The fourth-order valence-corrected chi connectivity index (χ4v) is 2.90. The van der Waals surface area contributed by atoms with Gasteiger partial charge in [0.2, 0.25) is 6.79 Å². The first-order chi connectivity index (χ1) is 11.5. The number of carbonyl (C=O) groups excluding carboxylic acids is 1. The second-order valence-corrected chi connectivity index (χ2v) is 6.45. The highest BCUT2D eigenvalue weighted by molar-refractivity contribution is 7.89. The van der Waals surface area contributed by atoms with Gasteiger partial charge in [0.05, 0.1) is 16.5 Å². The van der Waals surface area contributed by atoms with Crippen molar-refractivity contribution >= 4 is 15.9 Å². The molecule has 1 aliphatic heterocycles. The third-order valence-electron chi connectivity index (χ3n) is 3.21. The van der Waals surface area contributed by atoms with Crippen molar-refractivity contribution in [2.45, 2.75) is 4.90 Å². The van der Waals surface area contributed by atoms with E-state index < -0.39 is 15.9 Å². The highest BCUT2D eigenvalue weighted by Gasteiger charge is 2.19. The highest BCUT2D eigenvalue weighted by Crippen LogP contribution is 2.32. The molecule has 0 saturated heterocycles. The highest BCUT2D eigenvalue weighted by atomic mass is 32.2. The van der Waals surface area contributed by atoms with E-state index >= 15 is 0 Å².